The lowest BCUT2D eigenvalue weighted by Gasteiger charge is -2.23. The van der Waals surface area contributed by atoms with Gasteiger partial charge in [0, 0.05) is 24.6 Å². The number of rotatable bonds is 8. The average Bonchev–Trinajstić information content (AvgIpc) is 2.76. The number of amides is 1. The van der Waals surface area contributed by atoms with Gasteiger partial charge in [0.25, 0.3) is 0 Å². The molecule has 1 unspecified atom stereocenters. The number of hydrogen-bond donors (Lipinski definition) is 1. The summed E-state index contributed by atoms with van der Waals surface area (Å²) in [5, 5.41) is 2.99. The number of hydrogen-bond acceptors (Lipinski definition) is 5. The Morgan fingerprint density at radius 3 is 2.74 bits per heavy atom. The van der Waals surface area contributed by atoms with Gasteiger partial charge in [-0.05, 0) is 27.7 Å². The molecule has 0 aliphatic carbocycles. The van der Waals surface area contributed by atoms with Gasteiger partial charge in [-0.2, -0.15) is 0 Å². The van der Waals surface area contributed by atoms with E-state index in [1.165, 1.54) is 0 Å². The third-order valence-corrected chi connectivity index (χ3v) is 3.84. The van der Waals surface area contributed by atoms with Crippen molar-refractivity contribution in [1.29, 1.82) is 0 Å². The predicted octanol–water partition coefficient (Wildman–Crippen LogP) is 1.94. The number of carbonyl (C=O) groups excluding carboxylic acids is 1. The smallest absolute Gasteiger partial charge is 0.231 e. The SMILES string of the molecule is CCOC(C)c1nc(CN(CC(N)=O)C(C)C)cs1. The van der Waals surface area contributed by atoms with E-state index in [4.69, 9.17) is 10.5 Å². The van der Waals surface area contributed by atoms with Crippen molar-refractivity contribution < 1.29 is 9.53 Å². The molecule has 0 aromatic carbocycles. The first-order valence-corrected chi connectivity index (χ1v) is 7.40. The summed E-state index contributed by atoms with van der Waals surface area (Å²) in [4.78, 5) is 17.6. The van der Waals surface area contributed by atoms with Crippen molar-refractivity contribution in [2.45, 2.75) is 46.4 Å². The van der Waals surface area contributed by atoms with Crippen molar-refractivity contribution in [3.63, 3.8) is 0 Å². The number of aromatic nitrogens is 1. The minimum absolute atomic E-state index is 0.0207. The molecule has 1 amide bonds. The highest BCUT2D eigenvalue weighted by Crippen LogP contribution is 2.22. The van der Waals surface area contributed by atoms with Crippen LogP contribution in [-0.4, -0.2) is 35.0 Å². The summed E-state index contributed by atoms with van der Waals surface area (Å²) in [7, 11) is 0. The van der Waals surface area contributed by atoms with Gasteiger partial charge in [-0.3, -0.25) is 9.69 Å². The minimum atomic E-state index is -0.313. The number of nitrogens with zero attached hydrogens (tertiary/aromatic N) is 2. The fraction of sp³-hybridized carbons (Fsp3) is 0.692. The summed E-state index contributed by atoms with van der Waals surface area (Å²) in [6.07, 6.45) is 0.0207. The Balaban J connectivity index is 2.67. The zero-order chi connectivity index (χ0) is 14.4. The molecule has 0 fully saturated rings. The molecule has 0 saturated heterocycles. The first kappa shape index (κ1) is 16.1. The molecule has 1 aromatic heterocycles. The topological polar surface area (TPSA) is 68.4 Å². The highest BCUT2D eigenvalue weighted by molar-refractivity contribution is 7.09. The number of ether oxygens (including phenoxy) is 1. The molecule has 1 atom stereocenters. The summed E-state index contributed by atoms with van der Waals surface area (Å²) in [6, 6.07) is 0.252. The lowest BCUT2D eigenvalue weighted by atomic mass is 10.3. The molecular weight excluding hydrogens is 262 g/mol. The van der Waals surface area contributed by atoms with E-state index < -0.39 is 0 Å². The lowest BCUT2D eigenvalue weighted by molar-refractivity contribution is -0.119. The summed E-state index contributed by atoms with van der Waals surface area (Å²) in [5.74, 6) is -0.313. The third-order valence-electron chi connectivity index (χ3n) is 2.79. The van der Waals surface area contributed by atoms with E-state index in [0.29, 0.717) is 13.2 Å². The van der Waals surface area contributed by atoms with Gasteiger partial charge in [-0.15, -0.1) is 11.3 Å². The van der Waals surface area contributed by atoms with Crippen molar-refractivity contribution in [1.82, 2.24) is 9.88 Å². The molecular formula is C13H23N3O2S. The maximum Gasteiger partial charge on any atom is 0.231 e. The highest BCUT2D eigenvalue weighted by Gasteiger charge is 2.16. The molecule has 5 nitrogen and oxygen atoms in total. The predicted molar refractivity (Wildman–Crippen MR) is 76.9 cm³/mol. The van der Waals surface area contributed by atoms with Crippen LogP contribution in [-0.2, 0) is 16.1 Å². The molecule has 2 N–H and O–H groups in total. The Kier molecular flexibility index (Phi) is 6.41. The zero-order valence-corrected chi connectivity index (χ0v) is 12.9. The van der Waals surface area contributed by atoms with Crippen LogP contribution in [0.5, 0.6) is 0 Å². The maximum atomic E-state index is 11.0. The monoisotopic (exact) mass is 285 g/mol. The van der Waals surface area contributed by atoms with Gasteiger partial charge in [0.05, 0.1) is 12.2 Å². The first-order chi connectivity index (χ1) is 8.93. The molecule has 19 heavy (non-hydrogen) atoms. The summed E-state index contributed by atoms with van der Waals surface area (Å²) < 4.78 is 5.52. The average molecular weight is 285 g/mol. The van der Waals surface area contributed by atoms with Gasteiger partial charge >= 0.3 is 0 Å². The molecule has 6 heteroatoms. The van der Waals surface area contributed by atoms with Crippen molar-refractivity contribution in [3.8, 4) is 0 Å². The van der Waals surface area contributed by atoms with E-state index in [1.54, 1.807) is 11.3 Å². The molecule has 0 aliphatic heterocycles. The van der Waals surface area contributed by atoms with E-state index in [2.05, 4.69) is 4.98 Å². The molecule has 0 radical (unpaired) electrons. The van der Waals surface area contributed by atoms with Crippen LogP contribution in [0, 0.1) is 0 Å². The Morgan fingerprint density at radius 1 is 1.53 bits per heavy atom. The van der Waals surface area contributed by atoms with E-state index in [1.807, 2.05) is 38.0 Å². The van der Waals surface area contributed by atoms with Crippen LogP contribution in [0.2, 0.25) is 0 Å². The first-order valence-electron chi connectivity index (χ1n) is 6.52. The van der Waals surface area contributed by atoms with E-state index in [0.717, 1.165) is 10.7 Å². The standard InChI is InChI=1S/C13H23N3O2S/c1-5-18-10(4)13-15-11(8-19-13)6-16(9(2)3)7-12(14)17/h8-10H,5-7H2,1-4H3,(H2,14,17). The summed E-state index contributed by atoms with van der Waals surface area (Å²) in [6.45, 7) is 9.61. The number of nitrogens with two attached hydrogens (primary N) is 1. The fourth-order valence-corrected chi connectivity index (χ4v) is 2.55. The fourth-order valence-electron chi connectivity index (χ4n) is 1.73. The van der Waals surface area contributed by atoms with Crippen LogP contribution in [0.4, 0.5) is 0 Å². The molecule has 108 valence electrons. The van der Waals surface area contributed by atoms with Crippen LogP contribution >= 0.6 is 11.3 Å². The van der Waals surface area contributed by atoms with Crippen molar-refractivity contribution in [2.24, 2.45) is 5.73 Å². The Morgan fingerprint density at radius 2 is 2.21 bits per heavy atom. The molecule has 1 rings (SSSR count). The van der Waals surface area contributed by atoms with Gasteiger partial charge in [0.1, 0.15) is 11.1 Å². The van der Waals surface area contributed by atoms with Crippen LogP contribution in [0.25, 0.3) is 0 Å². The normalized spacial score (nSPS) is 13.2. The van der Waals surface area contributed by atoms with Crippen LogP contribution in [0.1, 0.15) is 44.5 Å². The molecule has 0 aliphatic rings. The van der Waals surface area contributed by atoms with Crippen LogP contribution < -0.4 is 5.73 Å². The second kappa shape index (κ2) is 7.57. The molecule has 1 aromatic rings. The molecule has 0 spiro atoms. The molecule has 0 saturated carbocycles. The van der Waals surface area contributed by atoms with Gasteiger partial charge < -0.3 is 10.5 Å². The Hall–Kier alpha value is -0.980. The Labute approximate surface area is 118 Å². The Bertz CT molecular complexity index is 406. The van der Waals surface area contributed by atoms with Gasteiger partial charge in [0.15, 0.2) is 0 Å². The van der Waals surface area contributed by atoms with Crippen LogP contribution in [0.3, 0.4) is 0 Å². The summed E-state index contributed by atoms with van der Waals surface area (Å²) >= 11 is 1.59. The van der Waals surface area contributed by atoms with Crippen molar-refractivity contribution in [2.75, 3.05) is 13.2 Å². The maximum absolute atomic E-state index is 11.0. The largest absolute Gasteiger partial charge is 0.372 e. The number of primary amides is 1. The third kappa shape index (κ3) is 5.26. The van der Waals surface area contributed by atoms with Gasteiger partial charge in [-0.25, -0.2) is 4.98 Å². The van der Waals surface area contributed by atoms with Gasteiger partial charge in [0.2, 0.25) is 5.91 Å². The lowest BCUT2D eigenvalue weighted by Crippen LogP contribution is -2.38. The molecule has 1 heterocycles. The van der Waals surface area contributed by atoms with Crippen molar-refractivity contribution >= 4 is 17.2 Å². The zero-order valence-electron chi connectivity index (χ0n) is 12.0. The van der Waals surface area contributed by atoms with Crippen LogP contribution in [0.15, 0.2) is 5.38 Å². The second-order valence-corrected chi connectivity index (χ2v) is 5.63. The summed E-state index contributed by atoms with van der Waals surface area (Å²) in [5.41, 5.74) is 6.22. The minimum Gasteiger partial charge on any atom is -0.372 e. The van der Waals surface area contributed by atoms with E-state index in [9.17, 15) is 4.79 Å². The van der Waals surface area contributed by atoms with E-state index >= 15 is 0 Å². The second-order valence-electron chi connectivity index (χ2n) is 4.74. The number of thiazole rings is 1. The highest BCUT2D eigenvalue weighted by atomic mass is 32.1. The molecule has 0 bridgehead atoms. The quantitative estimate of drug-likeness (QED) is 0.792. The van der Waals surface area contributed by atoms with E-state index in [-0.39, 0.29) is 24.6 Å². The number of carbonyl (C=O) groups is 1. The van der Waals surface area contributed by atoms with Gasteiger partial charge in [-0.1, -0.05) is 0 Å². The van der Waals surface area contributed by atoms with Crippen molar-refractivity contribution in [3.05, 3.63) is 16.1 Å².